The molecule has 0 fully saturated rings. The number of nitrogens with zero attached hydrogens (tertiary/aromatic N) is 1. The van der Waals surface area contributed by atoms with E-state index in [1.54, 1.807) is 0 Å². The Morgan fingerprint density at radius 1 is 1.28 bits per heavy atom. The molecular formula is C13H11ClN2OS. The number of anilines is 1. The van der Waals surface area contributed by atoms with E-state index in [9.17, 15) is 4.79 Å². The second-order valence-corrected chi connectivity index (χ2v) is 5.89. The van der Waals surface area contributed by atoms with Crippen molar-refractivity contribution in [3.63, 3.8) is 0 Å². The first-order chi connectivity index (χ1) is 8.66. The zero-order chi connectivity index (χ0) is 12.7. The molecular weight excluding hydrogens is 268 g/mol. The van der Waals surface area contributed by atoms with Gasteiger partial charge in [-0.1, -0.05) is 23.7 Å². The molecule has 1 aromatic carbocycles. The van der Waals surface area contributed by atoms with Crippen molar-refractivity contribution < 1.29 is 4.79 Å². The van der Waals surface area contributed by atoms with Gasteiger partial charge < -0.3 is 10.2 Å². The van der Waals surface area contributed by atoms with Crippen molar-refractivity contribution in [1.82, 2.24) is 5.32 Å². The van der Waals surface area contributed by atoms with Crippen LogP contribution in [-0.4, -0.2) is 13.0 Å². The van der Waals surface area contributed by atoms with Crippen LogP contribution in [0.2, 0.25) is 4.34 Å². The number of amides is 1. The zero-order valence-corrected chi connectivity index (χ0v) is 11.3. The molecule has 1 unspecified atom stereocenters. The van der Waals surface area contributed by atoms with E-state index in [-0.39, 0.29) is 12.1 Å². The molecule has 0 bridgehead atoms. The number of fused-ring (bicyclic) bond motifs is 1. The highest BCUT2D eigenvalue weighted by molar-refractivity contribution is 7.16. The molecule has 0 spiro atoms. The summed E-state index contributed by atoms with van der Waals surface area (Å²) < 4.78 is 0.728. The van der Waals surface area contributed by atoms with Crippen molar-refractivity contribution in [1.29, 1.82) is 0 Å². The third kappa shape index (κ3) is 1.78. The molecule has 1 N–H and O–H groups in total. The molecule has 3 nitrogen and oxygen atoms in total. The van der Waals surface area contributed by atoms with E-state index < -0.39 is 0 Å². The molecule has 92 valence electrons. The number of carbonyl (C=O) groups excluding carboxylic acids is 1. The lowest BCUT2D eigenvalue weighted by Gasteiger charge is -2.35. The van der Waals surface area contributed by atoms with Gasteiger partial charge in [0.1, 0.15) is 6.17 Å². The average molecular weight is 279 g/mol. The topological polar surface area (TPSA) is 32.3 Å². The van der Waals surface area contributed by atoms with Crippen LogP contribution in [0, 0.1) is 0 Å². The number of hydrogen-bond acceptors (Lipinski definition) is 3. The second kappa shape index (κ2) is 4.30. The van der Waals surface area contributed by atoms with Crippen molar-refractivity contribution in [2.24, 2.45) is 0 Å². The van der Waals surface area contributed by atoms with E-state index in [2.05, 4.69) is 10.2 Å². The van der Waals surface area contributed by atoms with Gasteiger partial charge in [-0.3, -0.25) is 4.79 Å². The van der Waals surface area contributed by atoms with Gasteiger partial charge in [0.05, 0.1) is 15.6 Å². The Balaban J connectivity index is 2.04. The predicted molar refractivity (Wildman–Crippen MR) is 74.4 cm³/mol. The number of rotatable bonds is 1. The van der Waals surface area contributed by atoms with Gasteiger partial charge in [-0.25, -0.2) is 0 Å². The van der Waals surface area contributed by atoms with Crippen molar-refractivity contribution in [3.05, 3.63) is 51.2 Å². The quantitative estimate of drug-likeness (QED) is 0.868. The summed E-state index contributed by atoms with van der Waals surface area (Å²) in [5, 5.41) is 2.99. The minimum Gasteiger partial charge on any atom is -0.349 e. The van der Waals surface area contributed by atoms with Crippen molar-refractivity contribution >= 4 is 34.5 Å². The van der Waals surface area contributed by atoms with E-state index in [1.165, 1.54) is 11.3 Å². The van der Waals surface area contributed by atoms with Gasteiger partial charge in [0, 0.05) is 11.9 Å². The molecule has 0 saturated carbocycles. The highest BCUT2D eigenvalue weighted by Crippen LogP contribution is 2.35. The van der Waals surface area contributed by atoms with Crippen LogP contribution in [0.25, 0.3) is 0 Å². The van der Waals surface area contributed by atoms with E-state index in [4.69, 9.17) is 11.6 Å². The molecule has 1 atom stereocenters. The summed E-state index contributed by atoms with van der Waals surface area (Å²) in [6.07, 6.45) is -0.148. The Hall–Kier alpha value is -1.52. The first-order valence-corrected chi connectivity index (χ1v) is 6.74. The Bertz CT molecular complexity index is 611. The maximum Gasteiger partial charge on any atom is 0.255 e. The summed E-state index contributed by atoms with van der Waals surface area (Å²) in [7, 11) is 1.97. The van der Waals surface area contributed by atoms with Crippen LogP contribution in [0.15, 0.2) is 36.4 Å². The summed E-state index contributed by atoms with van der Waals surface area (Å²) in [6.45, 7) is 0. The summed E-state index contributed by atoms with van der Waals surface area (Å²) in [4.78, 5) is 15.1. The van der Waals surface area contributed by atoms with Crippen LogP contribution in [0.1, 0.15) is 21.4 Å². The van der Waals surface area contributed by atoms with Gasteiger partial charge in [-0.15, -0.1) is 11.3 Å². The normalized spacial score (nSPS) is 18.4. The number of halogens is 1. The van der Waals surface area contributed by atoms with Gasteiger partial charge in [0.15, 0.2) is 0 Å². The summed E-state index contributed by atoms with van der Waals surface area (Å²) in [5.74, 6) is -0.0433. The standard InChI is InChI=1S/C13H11ClN2OS/c1-16-9-5-3-2-4-8(9)13(17)15-12(16)10-6-7-11(14)18-10/h2-7,12H,1H3,(H,15,17). The van der Waals surface area contributed by atoms with E-state index in [0.29, 0.717) is 5.56 Å². The van der Waals surface area contributed by atoms with Crippen molar-refractivity contribution in [2.75, 3.05) is 11.9 Å². The average Bonchev–Trinajstić information content (AvgIpc) is 2.80. The second-order valence-electron chi connectivity index (χ2n) is 4.15. The molecule has 1 aromatic heterocycles. The minimum atomic E-state index is -0.148. The molecule has 3 rings (SSSR count). The number of hydrogen-bond donors (Lipinski definition) is 1. The van der Waals surface area contributed by atoms with Crippen LogP contribution in [0.5, 0.6) is 0 Å². The van der Waals surface area contributed by atoms with E-state index >= 15 is 0 Å². The fraction of sp³-hybridized carbons (Fsp3) is 0.154. The summed E-state index contributed by atoms with van der Waals surface area (Å²) in [6, 6.07) is 11.4. The van der Waals surface area contributed by atoms with E-state index in [0.717, 1.165) is 14.9 Å². The number of carbonyl (C=O) groups is 1. The molecule has 1 amide bonds. The van der Waals surface area contributed by atoms with Crippen LogP contribution >= 0.6 is 22.9 Å². The smallest absolute Gasteiger partial charge is 0.255 e. The summed E-state index contributed by atoms with van der Waals surface area (Å²) >= 11 is 7.43. The number of benzene rings is 1. The predicted octanol–water partition coefficient (Wildman–Crippen LogP) is 3.28. The van der Waals surface area contributed by atoms with Gasteiger partial charge in [-0.05, 0) is 24.3 Å². The first-order valence-electron chi connectivity index (χ1n) is 5.55. The number of para-hydroxylation sites is 1. The van der Waals surface area contributed by atoms with E-state index in [1.807, 2.05) is 43.4 Å². The maximum atomic E-state index is 12.1. The summed E-state index contributed by atoms with van der Waals surface area (Å²) in [5.41, 5.74) is 1.65. The number of thiophene rings is 1. The van der Waals surface area contributed by atoms with Gasteiger partial charge >= 0.3 is 0 Å². The largest absolute Gasteiger partial charge is 0.349 e. The molecule has 0 aliphatic carbocycles. The Labute approximate surface area is 114 Å². The Kier molecular flexibility index (Phi) is 2.76. The van der Waals surface area contributed by atoms with Gasteiger partial charge in [0.2, 0.25) is 0 Å². The highest BCUT2D eigenvalue weighted by Gasteiger charge is 2.29. The van der Waals surface area contributed by atoms with Crippen molar-refractivity contribution in [2.45, 2.75) is 6.17 Å². The first kappa shape index (κ1) is 11.6. The fourth-order valence-corrected chi connectivity index (χ4v) is 3.30. The molecule has 1 aliphatic rings. The molecule has 0 saturated heterocycles. The van der Waals surface area contributed by atoms with Crippen LogP contribution in [0.3, 0.4) is 0 Å². The third-order valence-electron chi connectivity index (χ3n) is 3.05. The zero-order valence-electron chi connectivity index (χ0n) is 9.68. The van der Waals surface area contributed by atoms with Crippen LogP contribution in [-0.2, 0) is 0 Å². The van der Waals surface area contributed by atoms with Crippen molar-refractivity contribution in [3.8, 4) is 0 Å². The maximum absolute atomic E-state index is 12.1. The Morgan fingerprint density at radius 3 is 2.78 bits per heavy atom. The SMILES string of the molecule is CN1c2ccccc2C(=O)NC1c1ccc(Cl)s1. The molecule has 18 heavy (non-hydrogen) atoms. The number of nitrogens with one attached hydrogen (secondary N) is 1. The lowest BCUT2D eigenvalue weighted by atomic mass is 10.1. The minimum absolute atomic E-state index is 0.0433. The fourth-order valence-electron chi connectivity index (χ4n) is 2.15. The highest BCUT2D eigenvalue weighted by atomic mass is 35.5. The molecule has 1 aliphatic heterocycles. The van der Waals surface area contributed by atoms with Gasteiger partial charge in [-0.2, -0.15) is 0 Å². The lowest BCUT2D eigenvalue weighted by molar-refractivity contribution is 0.0929. The molecule has 5 heteroatoms. The molecule has 0 radical (unpaired) electrons. The molecule has 2 heterocycles. The monoisotopic (exact) mass is 278 g/mol. The molecule has 2 aromatic rings. The van der Waals surface area contributed by atoms with Crippen LogP contribution < -0.4 is 10.2 Å². The van der Waals surface area contributed by atoms with Crippen LogP contribution in [0.4, 0.5) is 5.69 Å². The van der Waals surface area contributed by atoms with Gasteiger partial charge in [0.25, 0.3) is 5.91 Å². The Morgan fingerprint density at radius 2 is 2.06 bits per heavy atom. The third-order valence-corrected chi connectivity index (χ3v) is 4.33. The lowest BCUT2D eigenvalue weighted by Crippen LogP contribution is -2.44.